The lowest BCUT2D eigenvalue weighted by Crippen LogP contribution is -2.12. The van der Waals surface area contributed by atoms with Crippen LogP contribution in [0.25, 0.3) is 0 Å². The molecule has 0 aromatic heterocycles. The van der Waals surface area contributed by atoms with Gasteiger partial charge in [-0.2, -0.15) is 0 Å². The van der Waals surface area contributed by atoms with Crippen LogP contribution in [0.5, 0.6) is 0 Å². The lowest BCUT2D eigenvalue weighted by Gasteiger charge is -2.15. The summed E-state index contributed by atoms with van der Waals surface area (Å²) >= 11 is 0. The first-order valence-electron chi connectivity index (χ1n) is 5.85. The number of nitrogens with one attached hydrogen (secondary N) is 1. The van der Waals surface area contributed by atoms with E-state index in [9.17, 15) is 9.59 Å². The molecule has 1 aromatic rings. The Labute approximate surface area is 110 Å². The molecule has 19 heavy (non-hydrogen) atoms. The van der Waals surface area contributed by atoms with E-state index >= 15 is 0 Å². The Morgan fingerprint density at radius 2 is 2.00 bits per heavy atom. The van der Waals surface area contributed by atoms with Gasteiger partial charge in [-0.05, 0) is 18.2 Å². The third-order valence-corrected chi connectivity index (χ3v) is 2.66. The van der Waals surface area contributed by atoms with E-state index in [1.807, 2.05) is 0 Å². The number of methoxy groups -OCH3 is 1. The van der Waals surface area contributed by atoms with Crippen LogP contribution in [0.1, 0.15) is 29.1 Å². The third kappa shape index (κ3) is 3.10. The molecule has 102 valence electrons. The van der Waals surface area contributed by atoms with Crippen molar-refractivity contribution in [1.82, 2.24) is 0 Å². The van der Waals surface area contributed by atoms with Crippen LogP contribution in [-0.4, -0.2) is 32.2 Å². The number of esters is 1. The topological polar surface area (TPSA) is 73.9 Å². The quantitative estimate of drug-likeness (QED) is 0.838. The molecule has 1 saturated heterocycles. The number of carbonyl (C=O) groups is 2. The van der Waals surface area contributed by atoms with Gasteiger partial charge in [0.15, 0.2) is 6.29 Å². The van der Waals surface area contributed by atoms with Crippen LogP contribution in [0.2, 0.25) is 0 Å². The van der Waals surface area contributed by atoms with Gasteiger partial charge in [-0.3, -0.25) is 4.79 Å². The van der Waals surface area contributed by atoms with Gasteiger partial charge in [0.25, 0.3) is 0 Å². The van der Waals surface area contributed by atoms with Gasteiger partial charge in [0.05, 0.1) is 25.9 Å². The zero-order chi connectivity index (χ0) is 13.8. The van der Waals surface area contributed by atoms with E-state index in [4.69, 9.17) is 9.47 Å². The summed E-state index contributed by atoms with van der Waals surface area (Å²) in [6.45, 7) is 2.37. The summed E-state index contributed by atoms with van der Waals surface area (Å²) in [6.07, 6.45) is -0.577. The molecule has 0 unspecified atom stereocenters. The van der Waals surface area contributed by atoms with E-state index in [2.05, 4.69) is 10.1 Å². The van der Waals surface area contributed by atoms with E-state index in [1.165, 1.54) is 14.0 Å². The smallest absolute Gasteiger partial charge is 0.337 e. The summed E-state index contributed by atoms with van der Waals surface area (Å²) in [7, 11) is 1.31. The van der Waals surface area contributed by atoms with Crippen LogP contribution >= 0.6 is 0 Å². The molecule has 1 aliphatic heterocycles. The molecule has 0 spiro atoms. The highest BCUT2D eigenvalue weighted by Crippen LogP contribution is 2.30. The third-order valence-electron chi connectivity index (χ3n) is 2.66. The standard InChI is InChI=1S/C13H15NO5/c1-8(15)14-11-4-3-9(12(16)17-2)7-10(11)13-18-5-6-19-13/h3-4,7,13H,5-6H2,1-2H3,(H,14,15). The van der Waals surface area contributed by atoms with Crippen LogP contribution in [-0.2, 0) is 19.0 Å². The fourth-order valence-corrected chi connectivity index (χ4v) is 1.84. The number of hydrogen-bond donors (Lipinski definition) is 1. The first kappa shape index (κ1) is 13.5. The molecule has 1 fully saturated rings. The van der Waals surface area contributed by atoms with Crippen molar-refractivity contribution >= 4 is 17.6 Å². The maximum absolute atomic E-state index is 11.5. The van der Waals surface area contributed by atoms with Crippen molar-refractivity contribution in [2.45, 2.75) is 13.2 Å². The SMILES string of the molecule is COC(=O)c1ccc(NC(C)=O)c(C2OCCO2)c1. The molecule has 0 aliphatic carbocycles. The number of amides is 1. The van der Waals surface area contributed by atoms with Crippen molar-refractivity contribution in [2.75, 3.05) is 25.6 Å². The lowest BCUT2D eigenvalue weighted by atomic mass is 10.1. The first-order valence-corrected chi connectivity index (χ1v) is 5.85. The van der Waals surface area contributed by atoms with Gasteiger partial charge in [0.1, 0.15) is 0 Å². The average Bonchev–Trinajstić information content (AvgIpc) is 2.91. The molecule has 1 aliphatic rings. The van der Waals surface area contributed by atoms with Crippen LogP contribution in [0.15, 0.2) is 18.2 Å². The Morgan fingerprint density at radius 1 is 1.32 bits per heavy atom. The number of carbonyl (C=O) groups excluding carboxylic acids is 2. The van der Waals surface area contributed by atoms with Gasteiger partial charge in [0, 0.05) is 18.2 Å². The van der Waals surface area contributed by atoms with Gasteiger partial charge in [-0.1, -0.05) is 0 Å². The second-order valence-corrected chi connectivity index (χ2v) is 4.05. The molecule has 0 saturated carbocycles. The van der Waals surface area contributed by atoms with Crippen molar-refractivity contribution in [2.24, 2.45) is 0 Å². The molecule has 6 nitrogen and oxygen atoms in total. The summed E-state index contributed by atoms with van der Waals surface area (Å²) < 4.78 is 15.5. The fraction of sp³-hybridized carbons (Fsp3) is 0.385. The van der Waals surface area contributed by atoms with Crippen molar-refractivity contribution in [3.05, 3.63) is 29.3 Å². The lowest BCUT2D eigenvalue weighted by molar-refractivity contribution is -0.114. The second kappa shape index (κ2) is 5.81. The van der Waals surface area contributed by atoms with Crippen molar-refractivity contribution in [1.29, 1.82) is 0 Å². The monoisotopic (exact) mass is 265 g/mol. The first-order chi connectivity index (χ1) is 9.11. The van der Waals surface area contributed by atoms with Crippen LogP contribution in [0, 0.1) is 0 Å². The maximum Gasteiger partial charge on any atom is 0.337 e. The number of rotatable bonds is 3. The minimum Gasteiger partial charge on any atom is -0.465 e. The Morgan fingerprint density at radius 3 is 2.58 bits per heavy atom. The van der Waals surface area contributed by atoms with E-state index in [1.54, 1.807) is 18.2 Å². The Kier molecular flexibility index (Phi) is 4.13. The van der Waals surface area contributed by atoms with Crippen molar-refractivity contribution in [3.63, 3.8) is 0 Å². The van der Waals surface area contributed by atoms with Crippen LogP contribution in [0.3, 0.4) is 0 Å². The molecular weight excluding hydrogens is 250 g/mol. The summed E-state index contributed by atoms with van der Waals surface area (Å²) in [4.78, 5) is 22.7. The molecule has 0 atom stereocenters. The van der Waals surface area contributed by atoms with Gasteiger partial charge in [-0.25, -0.2) is 4.79 Å². The van der Waals surface area contributed by atoms with Gasteiger partial charge in [0.2, 0.25) is 5.91 Å². The van der Waals surface area contributed by atoms with Gasteiger partial charge >= 0.3 is 5.97 Å². The second-order valence-electron chi connectivity index (χ2n) is 4.05. The Hall–Kier alpha value is -1.92. The molecule has 6 heteroatoms. The molecule has 0 radical (unpaired) electrons. The molecule has 1 amide bonds. The van der Waals surface area contributed by atoms with E-state index < -0.39 is 12.3 Å². The summed E-state index contributed by atoms with van der Waals surface area (Å²) in [5.41, 5.74) is 1.55. The Bertz CT molecular complexity index is 494. The Balaban J connectivity index is 2.37. The van der Waals surface area contributed by atoms with Crippen LogP contribution in [0.4, 0.5) is 5.69 Å². The molecule has 0 bridgehead atoms. The zero-order valence-electron chi connectivity index (χ0n) is 10.8. The van der Waals surface area contributed by atoms with Crippen molar-refractivity contribution in [3.8, 4) is 0 Å². The predicted molar refractivity (Wildman–Crippen MR) is 66.7 cm³/mol. The zero-order valence-corrected chi connectivity index (χ0v) is 10.8. The largest absolute Gasteiger partial charge is 0.465 e. The summed E-state index contributed by atoms with van der Waals surface area (Å²) in [5, 5.41) is 2.68. The normalized spacial score (nSPS) is 15.3. The minimum atomic E-state index is -0.577. The number of ether oxygens (including phenoxy) is 3. The maximum atomic E-state index is 11.5. The average molecular weight is 265 g/mol. The number of benzene rings is 1. The van der Waals surface area contributed by atoms with Gasteiger partial charge in [-0.15, -0.1) is 0 Å². The van der Waals surface area contributed by atoms with E-state index in [-0.39, 0.29) is 5.91 Å². The summed E-state index contributed by atoms with van der Waals surface area (Å²) in [6, 6.07) is 4.82. The minimum absolute atomic E-state index is 0.204. The highest BCUT2D eigenvalue weighted by Gasteiger charge is 2.23. The van der Waals surface area contributed by atoms with Crippen LogP contribution < -0.4 is 5.32 Å². The molecule has 1 aromatic carbocycles. The number of anilines is 1. The highest BCUT2D eigenvalue weighted by molar-refractivity contribution is 5.93. The predicted octanol–water partition coefficient (Wildman–Crippen LogP) is 1.48. The van der Waals surface area contributed by atoms with Gasteiger partial charge < -0.3 is 19.5 Å². The number of hydrogen-bond acceptors (Lipinski definition) is 5. The highest BCUT2D eigenvalue weighted by atomic mass is 16.7. The molecular formula is C13H15NO5. The molecule has 2 rings (SSSR count). The summed E-state index contributed by atoms with van der Waals surface area (Å²) in [5.74, 6) is -0.654. The fourth-order valence-electron chi connectivity index (χ4n) is 1.84. The van der Waals surface area contributed by atoms with E-state index in [0.29, 0.717) is 30.0 Å². The molecule has 1 heterocycles. The molecule has 1 N–H and O–H groups in total. The van der Waals surface area contributed by atoms with Crippen molar-refractivity contribution < 1.29 is 23.8 Å². The van der Waals surface area contributed by atoms with E-state index in [0.717, 1.165) is 0 Å².